The van der Waals surface area contributed by atoms with Crippen LogP contribution in [-0.4, -0.2) is 70.0 Å². The SMILES string of the molecule is CCCCC/C=C/C/C=C/C/C=C/C/C=C/CCCCCC(=O)O[C@H](COC(=O)CCCCCCCCCCCCCCCCCCCCC)COP(=O)([O-])OCC[N+](C)(C)C. The lowest BCUT2D eigenvalue weighted by Crippen LogP contribution is -2.37. The number of unbranched alkanes of at least 4 members (excludes halogenated alkanes) is 24. The molecule has 0 fully saturated rings. The van der Waals surface area contributed by atoms with Crippen LogP contribution in [0.1, 0.15) is 219 Å². The molecule has 0 aromatic carbocycles. The number of esters is 2. The molecule has 9 nitrogen and oxygen atoms in total. The molecular formula is C52H96NO8P. The normalized spacial score (nSPS) is 13.8. The van der Waals surface area contributed by atoms with Crippen molar-refractivity contribution in [2.45, 2.75) is 225 Å². The number of nitrogens with zero attached hydrogens (tertiary/aromatic N) is 1. The number of allylic oxidation sites excluding steroid dienone is 8. The van der Waals surface area contributed by atoms with E-state index >= 15 is 0 Å². The van der Waals surface area contributed by atoms with Gasteiger partial charge in [-0.25, -0.2) is 0 Å². The molecule has 2 atom stereocenters. The van der Waals surface area contributed by atoms with E-state index < -0.39 is 26.5 Å². The molecule has 0 radical (unpaired) electrons. The fourth-order valence-electron chi connectivity index (χ4n) is 6.87. The number of carbonyl (C=O) groups excluding carboxylic acids is 2. The molecule has 0 heterocycles. The van der Waals surface area contributed by atoms with E-state index in [1.54, 1.807) is 0 Å². The molecule has 0 N–H and O–H groups in total. The average Bonchev–Trinajstić information content (AvgIpc) is 3.23. The Morgan fingerprint density at radius 2 is 0.871 bits per heavy atom. The van der Waals surface area contributed by atoms with E-state index in [1.807, 2.05) is 21.1 Å². The third-order valence-corrected chi connectivity index (χ3v) is 11.8. The molecule has 0 aromatic rings. The van der Waals surface area contributed by atoms with Gasteiger partial charge in [0.1, 0.15) is 19.8 Å². The predicted octanol–water partition coefficient (Wildman–Crippen LogP) is 14.4. The molecule has 362 valence electrons. The maximum Gasteiger partial charge on any atom is 0.306 e. The summed E-state index contributed by atoms with van der Waals surface area (Å²) in [7, 11) is 1.15. The fraction of sp³-hybridized carbons (Fsp3) is 0.808. The highest BCUT2D eigenvalue weighted by molar-refractivity contribution is 7.45. The van der Waals surface area contributed by atoms with Gasteiger partial charge < -0.3 is 27.9 Å². The van der Waals surface area contributed by atoms with Crippen LogP contribution in [0.5, 0.6) is 0 Å². The maximum absolute atomic E-state index is 12.7. The van der Waals surface area contributed by atoms with Crippen LogP contribution in [0.3, 0.4) is 0 Å². The lowest BCUT2D eigenvalue weighted by molar-refractivity contribution is -0.870. The molecule has 0 aliphatic carbocycles. The lowest BCUT2D eigenvalue weighted by atomic mass is 10.0. The summed E-state index contributed by atoms with van der Waals surface area (Å²) in [6.07, 6.45) is 52.8. The van der Waals surface area contributed by atoms with Crippen molar-refractivity contribution in [3.8, 4) is 0 Å². The molecule has 10 heteroatoms. The Morgan fingerprint density at radius 1 is 0.500 bits per heavy atom. The fourth-order valence-corrected chi connectivity index (χ4v) is 7.60. The molecule has 0 aliphatic rings. The molecule has 0 bridgehead atoms. The highest BCUT2D eigenvalue weighted by Crippen LogP contribution is 2.38. The Hall–Kier alpha value is -2.03. The van der Waals surface area contributed by atoms with Gasteiger partial charge in [0.05, 0.1) is 27.7 Å². The Balaban J connectivity index is 4.32. The van der Waals surface area contributed by atoms with Crippen LogP contribution in [0, 0.1) is 0 Å². The van der Waals surface area contributed by atoms with Crippen molar-refractivity contribution in [1.29, 1.82) is 0 Å². The number of likely N-dealkylation sites (N-methyl/N-ethyl adjacent to an activating group) is 1. The van der Waals surface area contributed by atoms with Gasteiger partial charge in [0.2, 0.25) is 0 Å². The van der Waals surface area contributed by atoms with Crippen LogP contribution in [-0.2, 0) is 32.7 Å². The van der Waals surface area contributed by atoms with Crippen LogP contribution in [0.2, 0.25) is 0 Å². The first-order valence-electron chi connectivity index (χ1n) is 25.3. The summed E-state index contributed by atoms with van der Waals surface area (Å²) in [4.78, 5) is 37.7. The topological polar surface area (TPSA) is 111 Å². The van der Waals surface area contributed by atoms with Crippen molar-refractivity contribution >= 4 is 19.8 Å². The monoisotopic (exact) mass is 894 g/mol. The van der Waals surface area contributed by atoms with Gasteiger partial charge in [0, 0.05) is 12.8 Å². The minimum Gasteiger partial charge on any atom is -0.756 e. The van der Waals surface area contributed by atoms with Crippen LogP contribution >= 0.6 is 7.82 Å². The first kappa shape index (κ1) is 60.0. The quantitative estimate of drug-likeness (QED) is 0.0195. The Bertz CT molecular complexity index is 1190. The second-order valence-corrected chi connectivity index (χ2v) is 19.6. The minimum atomic E-state index is -4.64. The second kappa shape index (κ2) is 44.2. The molecule has 62 heavy (non-hydrogen) atoms. The summed E-state index contributed by atoms with van der Waals surface area (Å²) >= 11 is 0. The molecule has 0 saturated carbocycles. The van der Waals surface area contributed by atoms with E-state index in [-0.39, 0.29) is 32.0 Å². The van der Waals surface area contributed by atoms with Crippen molar-refractivity contribution in [1.82, 2.24) is 0 Å². The van der Waals surface area contributed by atoms with Gasteiger partial charge in [0.25, 0.3) is 7.82 Å². The standard InChI is InChI=1S/C52H96NO8P/c1-6-8-10-12-14-16-18-20-22-24-26-28-30-32-34-36-38-40-42-44-51(54)58-48-50(49-60-62(56,57)59-47-46-53(3,4)5)61-52(55)45-43-41-39-37-35-33-31-29-27-25-23-21-19-17-15-13-11-9-7-2/h15,17,21,23,27,29,33,35,50H,6-14,16,18-20,22,24-26,28,30-32,34,36-49H2,1-5H3/b17-15+,23-21+,29-27+,35-33+/t50-/m1/s1. The van der Waals surface area contributed by atoms with Gasteiger partial charge in [0.15, 0.2) is 6.10 Å². The van der Waals surface area contributed by atoms with Crippen LogP contribution in [0.4, 0.5) is 0 Å². The maximum atomic E-state index is 12.7. The van der Waals surface area contributed by atoms with Crippen LogP contribution in [0.25, 0.3) is 0 Å². The zero-order chi connectivity index (χ0) is 45.7. The van der Waals surface area contributed by atoms with Crippen molar-refractivity contribution in [3.05, 3.63) is 48.6 Å². The van der Waals surface area contributed by atoms with Gasteiger partial charge >= 0.3 is 11.9 Å². The van der Waals surface area contributed by atoms with E-state index in [9.17, 15) is 19.0 Å². The summed E-state index contributed by atoms with van der Waals surface area (Å²) < 4.78 is 34.0. The summed E-state index contributed by atoms with van der Waals surface area (Å²) in [6.45, 7) is 4.19. The first-order valence-corrected chi connectivity index (χ1v) is 26.8. The summed E-state index contributed by atoms with van der Waals surface area (Å²) in [6, 6.07) is 0. The summed E-state index contributed by atoms with van der Waals surface area (Å²) in [5.74, 6) is -0.864. The second-order valence-electron chi connectivity index (χ2n) is 18.2. The number of rotatable bonds is 46. The average molecular weight is 894 g/mol. The van der Waals surface area contributed by atoms with E-state index in [0.717, 1.165) is 57.8 Å². The zero-order valence-electron chi connectivity index (χ0n) is 40.8. The van der Waals surface area contributed by atoms with Crippen LogP contribution < -0.4 is 4.89 Å². The number of hydrogen-bond acceptors (Lipinski definition) is 8. The van der Waals surface area contributed by atoms with Crippen molar-refractivity contribution < 1.29 is 42.1 Å². The van der Waals surface area contributed by atoms with Crippen LogP contribution in [0.15, 0.2) is 48.6 Å². The van der Waals surface area contributed by atoms with E-state index in [1.165, 1.54) is 128 Å². The molecule has 0 rings (SSSR count). The number of quaternary nitrogens is 1. The number of carbonyl (C=O) groups is 2. The minimum absolute atomic E-state index is 0.0375. The Labute approximate surface area is 382 Å². The molecule has 0 amide bonds. The largest absolute Gasteiger partial charge is 0.756 e. The van der Waals surface area contributed by atoms with Gasteiger partial charge in [-0.2, -0.15) is 0 Å². The van der Waals surface area contributed by atoms with Gasteiger partial charge in [-0.1, -0.05) is 197 Å². The Kier molecular flexibility index (Phi) is 42.7. The molecule has 0 spiro atoms. The van der Waals surface area contributed by atoms with E-state index in [2.05, 4.69) is 62.5 Å². The summed E-state index contributed by atoms with van der Waals surface area (Å²) in [5, 5.41) is 0. The van der Waals surface area contributed by atoms with Gasteiger partial charge in [-0.3, -0.25) is 14.2 Å². The highest BCUT2D eigenvalue weighted by Gasteiger charge is 2.21. The number of phosphoric ester groups is 1. The molecule has 0 saturated heterocycles. The number of hydrogen-bond donors (Lipinski definition) is 0. The molecule has 0 aromatic heterocycles. The lowest BCUT2D eigenvalue weighted by Gasteiger charge is -2.28. The number of ether oxygens (including phenoxy) is 2. The predicted molar refractivity (Wildman–Crippen MR) is 259 cm³/mol. The smallest absolute Gasteiger partial charge is 0.306 e. The van der Waals surface area contributed by atoms with Crippen molar-refractivity contribution in [2.24, 2.45) is 0 Å². The molecule has 0 aliphatic heterocycles. The molecule has 1 unspecified atom stereocenters. The first-order chi connectivity index (χ1) is 30.0. The number of phosphoric acid groups is 1. The third-order valence-electron chi connectivity index (χ3n) is 10.9. The van der Waals surface area contributed by atoms with Crippen molar-refractivity contribution in [2.75, 3.05) is 47.5 Å². The third kappa shape index (κ3) is 47.4. The van der Waals surface area contributed by atoms with Crippen molar-refractivity contribution in [3.63, 3.8) is 0 Å². The Morgan fingerprint density at radius 3 is 1.32 bits per heavy atom. The van der Waals surface area contributed by atoms with E-state index in [0.29, 0.717) is 17.4 Å². The van der Waals surface area contributed by atoms with E-state index in [4.69, 9.17) is 18.5 Å². The summed E-state index contributed by atoms with van der Waals surface area (Å²) in [5.41, 5.74) is 0. The van der Waals surface area contributed by atoms with Gasteiger partial charge in [-0.15, -0.1) is 0 Å². The highest BCUT2D eigenvalue weighted by atomic mass is 31.2. The zero-order valence-corrected chi connectivity index (χ0v) is 41.7. The molecular weight excluding hydrogens is 798 g/mol. The van der Waals surface area contributed by atoms with Gasteiger partial charge in [-0.05, 0) is 57.8 Å².